The number of aryl methyl sites for hydroxylation is 1. The molecule has 1 aromatic heterocycles. The van der Waals surface area contributed by atoms with Crippen LogP contribution < -0.4 is 10.5 Å². The van der Waals surface area contributed by atoms with E-state index in [4.69, 9.17) is 15.2 Å². The number of nitrogens with two attached hydrogens (primary N) is 1. The maximum Gasteiger partial charge on any atom is 0.235 e. The molecule has 0 spiro atoms. The monoisotopic (exact) mass is 241 g/mol. The number of rotatable bonds is 7. The maximum absolute atomic E-state index is 6.00. The Kier molecular flexibility index (Phi) is 5.28. The van der Waals surface area contributed by atoms with Crippen molar-refractivity contribution >= 4 is 5.69 Å². The van der Waals surface area contributed by atoms with Crippen molar-refractivity contribution in [1.82, 2.24) is 9.78 Å². The summed E-state index contributed by atoms with van der Waals surface area (Å²) in [5.74, 6) is 0.934. The van der Waals surface area contributed by atoms with Gasteiger partial charge in [0.2, 0.25) is 5.88 Å². The smallest absolute Gasteiger partial charge is 0.235 e. The second kappa shape index (κ2) is 6.49. The van der Waals surface area contributed by atoms with Crippen molar-refractivity contribution in [2.45, 2.75) is 33.1 Å². The highest BCUT2D eigenvalue weighted by atomic mass is 16.5. The molecule has 1 aromatic rings. The van der Waals surface area contributed by atoms with E-state index in [9.17, 15) is 0 Å². The molecule has 0 amide bonds. The first-order chi connectivity index (χ1) is 8.07. The van der Waals surface area contributed by atoms with Gasteiger partial charge in [0, 0.05) is 13.7 Å². The van der Waals surface area contributed by atoms with Crippen molar-refractivity contribution in [2.75, 3.05) is 25.6 Å². The molecule has 2 N–H and O–H groups in total. The molecule has 0 aliphatic heterocycles. The predicted octanol–water partition coefficient (Wildman–Crippen LogP) is 1.93. The van der Waals surface area contributed by atoms with Crippen molar-refractivity contribution in [1.29, 1.82) is 0 Å². The summed E-state index contributed by atoms with van der Waals surface area (Å²) in [6.07, 6.45) is 1.02. The van der Waals surface area contributed by atoms with Crippen LogP contribution >= 0.6 is 0 Å². The number of nitrogen functional groups attached to an aromatic ring is 1. The molecule has 0 fully saturated rings. The molecule has 98 valence electrons. The van der Waals surface area contributed by atoms with Crippen LogP contribution in [0.15, 0.2) is 0 Å². The number of ether oxygens (including phenoxy) is 2. The summed E-state index contributed by atoms with van der Waals surface area (Å²) >= 11 is 0. The first kappa shape index (κ1) is 13.8. The lowest BCUT2D eigenvalue weighted by molar-refractivity contribution is 0.0977. The molecule has 0 radical (unpaired) electrons. The summed E-state index contributed by atoms with van der Waals surface area (Å²) in [5, 5.41) is 4.35. The average Bonchev–Trinajstić information content (AvgIpc) is 2.56. The Morgan fingerprint density at radius 2 is 2.00 bits per heavy atom. The van der Waals surface area contributed by atoms with Crippen LogP contribution in [-0.4, -0.2) is 29.6 Å². The van der Waals surface area contributed by atoms with Crippen LogP contribution in [0.4, 0.5) is 5.69 Å². The summed E-state index contributed by atoms with van der Waals surface area (Å²) in [6, 6.07) is 0. The van der Waals surface area contributed by atoms with E-state index in [1.165, 1.54) is 0 Å². The van der Waals surface area contributed by atoms with E-state index in [-0.39, 0.29) is 0 Å². The molecule has 0 aromatic carbocycles. The van der Waals surface area contributed by atoms with E-state index in [1.807, 2.05) is 7.05 Å². The Hall–Kier alpha value is -1.23. The van der Waals surface area contributed by atoms with Gasteiger partial charge < -0.3 is 15.2 Å². The minimum absolute atomic E-state index is 0.301. The van der Waals surface area contributed by atoms with E-state index in [0.29, 0.717) is 30.7 Å². The topological polar surface area (TPSA) is 62.3 Å². The van der Waals surface area contributed by atoms with Gasteiger partial charge in [-0.2, -0.15) is 5.10 Å². The minimum atomic E-state index is 0.301. The first-order valence-electron chi connectivity index (χ1n) is 6.10. The van der Waals surface area contributed by atoms with Gasteiger partial charge in [0.25, 0.3) is 0 Å². The molecule has 0 aliphatic carbocycles. The molecule has 1 heterocycles. The summed E-state index contributed by atoms with van der Waals surface area (Å²) < 4.78 is 12.6. The molecule has 0 aliphatic rings. The third-order valence-electron chi connectivity index (χ3n) is 2.42. The first-order valence-corrected chi connectivity index (χ1v) is 6.10. The molecular weight excluding hydrogens is 218 g/mol. The Balaban J connectivity index is 2.53. The van der Waals surface area contributed by atoms with Gasteiger partial charge in [-0.05, 0) is 12.3 Å². The van der Waals surface area contributed by atoms with Gasteiger partial charge in [-0.1, -0.05) is 20.8 Å². The lowest BCUT2D eigenvalue weighted by atomic mass is 10.1. The van der Waals surface area contributed by atoms with E-state index in [1.54, 1.807) is 4.68 Å². The van der Waals surface area contributed by atoms with Gasteiger partial charge in [0.05, 0.1) is 12.3 Å². The summed E-state index contributed by atoms with van der Waals surface area (Å²) in [7, 11) is 1.84. The summed E-state index contributed by atoms with van der Waals surface area (Å²) in [5.41, 5.74) is 7.52. The second-order valence-electron chi connectivity index (χ2n) is 4.34. The molecule has 0 bridgehead atoms. The van der Waals surface area contributed by atoms with Crippen molar-refractivity contribution < 1.29 is 9.47 Å². The van der Waals surface area contributed by atoms with E-state index in [0.717, 1.165) is 18.7 Å². The Morgan fingerprint density at radius 3 is 2.53 bits per heavy atom. The number of aromatic nitrogens is 2. The lowest BCUT2D eigenvalue weighted by Crippen LogP contribution is -2.10. The molecule has 1 rings (SSSR count). The van der Waals surface area contributed by atoms with Crippen molar-refractivity contribution in [2.24, 2.45) is 7.05 Å². The Bertz CT molecular complexity index is 348. The van der Waals surface area contributed by atoms with Gasteiger partial charge in [-0.25, -0.2) is 4.68 Å². The van der Waals surface area contributed by atoms with Crippen LogP contribution in [0, 0.1) is 0 Å². The van der Waals surface area contributed by atoms with Crippen LogP contribution in [0.2, 0.25) is 0 Å². The fourth-order valence-electron chi connectivity index (χ4n) is 1.59. The minimum Gasteiger partial charge on any atom is -0.474 e. The molecular formula is C12H23N3O2. The molecule has 0 atom stereocenters. The van der Waals surface area contributed by atoms with Gasteiger partial charge >= 0.3 is 0 Å². The number of hydrogen-bond acceptors (Lipinski definition) is 4. The zero-order valence-corrected chi connectivity index (χ0v) is 11.2. The van der Waals surface area contributed by atoms with Gasteiger partial charge in [0.15, 0.2) is 0 Å². The van der Waals surface area contributed by atoms with E-state index < -0.39 is 0 Å². The highest BCUT2D eigenvalue weighted by Crippen LogP contribution is 2.29. The van der Waals surface area contributed by atoms with Gasteiger partial charge in [-0.3, -0.25) is 0 Å². The van der Waals surface area contributed by atoms with Crippen molar-refractivity contribution in [3.63, 3.8) is 0 Å². The molecule has 0 unspecified atom stereocenters. The standard InChI is InChI=1S/C12H23N3O2/c1-5-6-16-7-8-17-12-10(13)11(9(2)3)14-15(12)4/h9H,5-8,13H2,1-4H3. The molecule has 5 nitrogen and oxygen atoms in total. The SMILES string of the molecule is CCCOCCOc1c(N)c(C(C)C)nn1C. The van der Waals surface area contributed by atoms with Crippen LogP contribution in [0.5, 0.6) is 5.88 Å². The fraction of sp³-hybridized carbons (Fsp3) is 0.750. The zero-order chi connectivity index (χ0) is 12.8. The zero-order valence-electron chi connectivity index (χ0n) is 11.2. The van der Waals surface area contributed by atoms with Crippen LogP contribution in [0.1, 0.15) is 38.8 Å². The maximum atomic E-state index is 6.00. The quantitative estimate of drug-likeness (QED) is 0.741. The highest BCUT2D eigenvalue weighted by Gasteiger charge is 2.16. The van der Waals surface area contributed by atoms with E-state index >= 15 is 0 Å². The normalized spacial score (nSPS) is 11.1. The largest absolute Gasteiger partial charge is 0.474 e. The number of anilines is 1. The van der Waals surface area contributed by atoms with Crippen LogP contribution in [0.25, 0.3) is 0 Å². The van der Waals surface area contributed by atoms with Gasteiger partial charge in [-0.15, -0.1) is 0 Å². The lowest BCUT2D eigenvalue weighted by Gasteiger charge is -2.07. The predicted molar refractivity (Wildman–Crippen MR) is 68.3 cm³/mol. The average molecular weight is 241 g/mol. The second-order valence-corrected chi connectivity index (χ2v) is 4.34. The molecule has 0 saturated heterocycles. The fourth-order valence-corrected chi connectivity index (χ4v) is 1.59. The highest BCUT2D eigenvalue weighted by molar-refractivity contribution is 5.54. The van der Waals surface area contributed by atoms with Gasteiger partial charge in [0.1, 0.15) is 12.3 Å². The number of nitrogens with zero attached hydrogens (tertiary/aromatic N) is 2. The third-order valence-corrected chi connectivity index (χ3v) is 2.42. The Labute approximate surface area is 103 Å². The number of hydrogen-bond donors (Lipinski definition) is 1. The summed E-state index contributed by atoms with van der Waals surface area (Å²) in [6.45, 7) is 8.05. The summed E-state index contributed by atoms with van der Waals surface area (Å²) in [4.78, 5) is 0. The molecule has 5 heteroatoms. The van der Waals surface area contributed by atoms with Crippen molar-refractivity contribution in [3.8, 4) is 5.88 Å². The molecule has 0 saturated carbocycles. The van der Waals surface area contributed by atoms with E-state index in [2.05, 4.69) is 25.9 Å². The van der Waals surface area contributed by atoms with Crippen LogP contribution in [0.3, 0.4) is 0 Å². The van der Waals surface area contributed by atoms with Crippen molar-refractivity contribution in [3.05, 3.63) is 5.69 Å². The Morgan fingerprint density at radius 1 is 1.29 bits per heavy atom. The van der Waals surface area contributed by atoms with Crippen LogP contribution in [-0.2, 0) is 11.8 Å². The molecule has 17 heavy (non-hydrogen) atoms. The third kappa shape index (κ3) is 3.63.